The van der Waals surface area contributed by atoms with E-state index in [1.54, 1.807) is 12.8 Å². The fourth-order valence-electron chi connectivity index (χ4n) is 10.1. The zero-order valence-electron chi connectivity index (χ0n) is 25.4. The van der Waals surface area contributed by atoms with Crippen LogP contribution in [0.1, 0.15) is 169 Å². The molecule has 0 radical (unpaired) electrons. The molecule has 4 aliphatic rings. The van der Waals surface area contributed by atoms with Gasteiger partial charge in [-0.3, -0.25) is 0 Å². The summed E-state index contributed by atoms with van der Waals surface area (Å²) in [5.74, 6) is 5.93. The van der Waals surface area contributed by atoms with Crippen molar-refractivity contribution in [3.63, 3.8) is 0 Å². The first-order valence-corrected chi connectivity index (χ1v) is 17.1. The third kappa shape index (κ3) is 6.47. The maximum absolute atomic E-state index is 2.82. The minimum atomic E-state index is 0.551. The molecule has 3 fully saturated rings. The first kappa shape index (κ1) is 28.7. The van der Waals surface area contributed by atoms with E-state index in [-0.39, 0.29) is 0 Å². The van der Waals surface area contributed by atoms with Gasteiger partial charge in [0.05, 0.1) is 0 Å². The van der Waals surface area contributed by atoms with Crippen molar-refractivity contribution < 1.29 is 0 Å². The number of rotatable bonds is 14. The molecule has 0 aromatic rings. The lowest BCUT2D eigenvalue weighted by Gasteiger charge is -2.58. The van der Waals surface area contributed by atoms with E-state index in [4.69, 9.17) is 0 Å². The second-order valence-electron chi connectivity index (χ2n) is 15.1. The van der Waals surface area contributed by atoms with E-state index in [1.807, 2.05) is 5.57 Å². The molecule has 0 spiro atoms. The molecule has 7 atom stereocenters. The van der Waals surface area contributed by atoms with Crippen molar-refractivity contribution in [2.45, 2.75) is 169 Å². The number of fused-ring (bicyclic) bond motifs is 5. The summed E-state index contributed by atoms with van der Waals surface area (Å²) >= 11 is 0. The van der Waals surface area contributed by atoms with Crippen LogP contribution in [-0.4, -0.2) is 0 Å². The minimum absolute atomic E-state index is 0.551. The van der Waals surface area contributed by atoms with Crippen LogP contribution in [0.3, 0.4) is 0 Å². The fourth-order valence-corrected chi connectivity index (χ4v) is 10.1. The van der Waals surface area contributed by atoms with Gasteiger partial charge in [0.15, 0.2) is 0 Å². The van der Waals surface area contributed by atoms with Crippen molar-refractivity contribution in [3.8, 4) is 0 Å². The lowest BCUT2D eigenvalue weighted by Crippen LogP contribution is -2.50. The van der Waals surface area contributed by atoms with Crippen molar-refractivity contribution in [1.82, 2.24) is 0 Å². The van der Waals surface area contributed by atoms with E-state index < -0.39 is 0 Å². The highest BCUT2D eigenvalue weighted by molar-refractivity contribution is 5.25. The van der Waals surface area contributed by atoms with Gasteiger partial charge in [0.1, 0.15) is 0 Å². The maximum atomic E-state index is 2.82. The Morgan fingerprint density at radius 2 is 1.50 bits per heavy atom. The lowest BCUT2D eigenvalue weighted by atomic mass is 9.46. The van der Waals surface area contributed by atoms with Gasteiger partial charge in [-0.25, -0.2) is 0 Å². The monoisotopic (exact) mass is 497 g/mol. The molecular formula is C36H64. The molecule has 208 valence electrons. The molecule has 0 nitrogen and oxygen atoms in total. The van der Waals surface area contributed by atoms with Crippen molar-refractivity contribution in [2.24, 2.45) is 46.3 Å². The number of unbranched alkanes of at least 4 members (excludes halogenated alkanes) is 8. The van der Waals surface area contributed by atoms with E-state index in [0.29, 0.717) is 10.8 Å². The van der Waals surface area contributed by atoms with Crippen LogP contribution in [0.15, 0.2) is 11.6 Å². The van der Waals surface area contributed by atoms with Crippen molar-refractivity contribution >= 4 is 0 Å². The Labute approximate surface area is 227 Å². The highest BCUT2D eigenvalue weighted by atomic mass is 14.6. The minimum Gasteiger partial charge on any atom is -0.0845 e. The van der Waals surface area contributed by atoms with Gasteiger partial charge in [-0.1, -0.05) is 123 Å². The van der Waals surface area contributed by atoms with Crippen molar-refractivity contribution in [1.29, 1.82) is 0 Å². The fraction of sp³-hybridized carbons (Fsp3) is 0.944. The molecule has 4 rings (SSSR count). The van der Waals surface area contributed by atoms with E-state index in [2.05, 4.69) is 40.7 Å². The lowest BCUT2D eigenvalue weighted by molar-refractivity contribution is -0.0458. The van der Waals surface area contributed by atoms with Gasteiger partial charge < -0.3 is 0 Å². The molecule has 36 heavy (non-hydrogen) atoms. The maximum Gasteiger partial charge on any atom is -0.00851 e. The zero-order chi connectivity index (χ0) is 25.6. The van der Waals surface area contributed by atoms with E-state index in [0.717, 1.165) is 35.5 Å². The summed E-state index contributed by atoms with van der Waals surface area (Å²) in [6.07, 6.45) is 34.0. The topological polar surface area (TPSA) is 0 Å². The Kier molecular flexibility index (Phi) is 10.5. The van der Waals surface area contributed by atoms with Crippen LogP contribution in [-0.2, 0) is 0 Å². The Bertz CT molecular complexity index is 686. The van der Waals surface area contributed by atoms with Gasteiger partial charge in [0.2, 0.25) is 0 Å². The molecule has 4 aliphatic carbocycles. The molecule has 0 bridgehead atoms. The van der Waals surface area contributed by atoms with Gasteiger partial charge in [0.25, 0.3) is 0 Å². The molecule has 0 N–H and O–H groups in total. The van der Waals surface area contributed by atoms with Crippen LogP contribution in [0.4, 0.5) is 0 Å². The Morgan fingerprint density at radius 3 is 2.25 bits per heavy atom. The molecular weight excluding hydrogens is 432 g/mol. The summed E-state index contributed by atoms with van der Waals surface area (Å²) < 4.78 is 0. The van der Waals surface area contributed by atoms with Crippen LogP contribution >= 0.6 is 0 Å². The Morgan fingerprint density at radius 1 is 0.778 bits per heavy atom. The van der Waals surface area contributed by atoms with Crippen molar-refractivity contribution in [3.05, 3.63) is 11.6 Å². The summed E-state index contributed by atoms with van der Waals surface area (Å²) in [5, 5.41) is 0. The SMILES string of the molecule is CCCCCCCCCCC1CCC2(C)C(=CCC3C2CCC2(C)C(CCCCC(C)C)CCC32)C1. The zero-order valence-corrected chi connectivity index (χ0v) is 25.4. The molecule has 0 aliphatic heterocycles. The number of hydrogen-bond acceptors (Lipinski definition) is 0. The van der Waals surface area contributed by atoms with Crippen LogP contribution in [0.2, 0.25) is 0 Å². The summed E-state index contributed by atoms with van der Waals surface area (Å²) in [7, 11) is 0. The summed E-state index contributed by atoms with van der Waals surface area (Å²) in [6.45, 7) is 12.6. The summed E-state index contributed by atoms with van der Waals surface area (Å²) in [5.41, 5.74) is 3.13. The molecule has 0 amide bonds. The highest BCUT2D eigenvalue weighted by Crippen LogP contribution is 2.67. The van der Waals surface area contributed by atoms with E-state index >= 15 is 0 Å². The Balaban J connectivity index is 1.26. The highest BCUT2D eigenvalue weighted by Gasteiger charge is 2.58. The third-order valence-corrected chi connectivity index (χ3v) is 12.5. The standard InChI is InChI=1S/C36H64/c1-6-7-8-9-10-11-12-13-17-29-23-25-36(5)31(27-29)19-21-32-33-22-20-30(18-15-14-16-28(2)3)35(33,4)26-24-34(32)36/h19,28-30,32-34H,6-18,20-27H2,1-5H3. The van der Waals surface area contributed by atoms with Crippen LogP contribution in [0, 0.1) is 46.3 Å². The second kappa shape index (κ2) is 13.2. The molecule has 0 aromatic heterocycles. The first-order valence-electron chi connectivity index (χ1n) is 17.1. The average Bonchev–Trinajstić information content (AvgIpc) is 3.19. The molecule has 0 aromatic carbocycles. The van der Waals surface area contributed by atoms with Gasteiger partial charge in [-0.15, -0.1) is 0 Å². The molecule has 3 saturated carbocycles. The molecule has 7 unspecified atom stereocenters. The Hall–Kier alpha value is -0.260. The van der Waals surface area contributed by atoms with Gasteiger partial charge in [0, 0.05) is 0 Å². The van der Waals surface area contributed by atoms with Gasteiger partial charge in [-0.05, 0) is 104 Å². The van der Waals surface area contributed by atoms with Crippen LogP contribution < -0.4 is 0 Å². The number of hydrogen-bond donors (Lipinski definition) is 0. The van der Waals surface area contributed by atoms with Gasteiger partial charge in [-0.2, -0.15) is 0 Å². The largest absolute Gasteiger partial charge is 0.0845 e. The second-order valence-corrected chi connectivity index (χ2v) is 15.1. The first-order chi connectivity index (χ1) is 17.4. The average molecular weight is 497 g/mol. The predicted molar refractivity (Wildman–Crippen MR) is 159 cm³/mol. The predicted octanol–water partition coefficient (Wildman–Crippen LogP) is 11.9. The van der Waals surface area contributed by atoms with Gasteiger partial charge >= 0.3 is 0 Å². The molecule has 0 heterocycles. The van der Waals surface area contributed by atoms with E-state index in [9.17, 15) is 0 Å². The van der Waals surface area contributed by atoms with Crippen molar-refractivity contribution in [2.75, 3.05) is 0 Å². The third-order valence-electron chi connectivity index (χ3n) is 12.5. The quantitative estimate of drug-likeness (QED) is 0.166. The van der Waals surface area contributed by atoms with E-state index in [1.165, 1.54) is 122 Å². The molecule has 0 heteroatoms. The van der Waals surface area contributed by atoms with Crippen LogP contribution in [0.25, 0.3) is 0 Å². The summed E-state index contributed by atoms with van der Waals surface area (Å²) in [6, 6.07) is 0. The number of allylic oxidation sites excluding steroid dienone is 2. The molecule has 0 saturated heterocycles. The van der Waals surface area contributed by atoms with Crippen LogP contribution in [0.5, 0.6) is 0 Å². The smallest absolute Gasteiger partial charge is 0.00851 e. The normalized spacial score (nSPS) is 37.9. The summed E-state index contributed by atoms with van der Waals surface area (Å²) in [4.78, 5) is 0.